The number of nitrogens with one attached hydrogen (secondary N) is 1. The van der Waals surface area contributed by atoms with E-state index in [4.69, 9.17) is 10.00 Å². The first kappa shape index (κ1) is 17.1. The number of nitrogens with zero attached hydrogens (tertiary/aromatic N) is 2. The van der Waals surface area contributed by atoms with Gasteiger partial charge in [-0.15, -0.1) is 0 Å². The number of carbonyl (C=O) groups excluding carboxylic acids is 1. The van der Waals surface area contributed by atoms with Gasteiger partial charge in [-0.1, -0.05) is 6.07 Å². The number of benzene rings is 2. The average molecular weight is 347 g/mol. The Kier molecular flexibility index (Phi) is 4.90. The zero-order valence-electron chi connectivity index (χ0n) is 13.9. The third-order valence-corrected chi connectivity index (χ3v) is 3.61. The van der Waals surface area contributed by atoms with Crippen LogP contribution in [0.25, 0.3) is 0 Å². The van der Waals surface area contributed by atoms with Crippen molar-refractivity contribution in [2.24, 2.45) is 0 Å². The van der Waals surface area contributed by atoms with Gasteiger partial charge >= 0.3 is 0 Å². The summed E-state index contributed by atoms with van der Waals surface area (Å²) >= 11 is 0. The standard InChI is InChI=1S/C20H14FN3O2/c1-13-10-15(21)7-8-18(13)26-20-17(6-3-9-23-20)19(25)24-16-5-2-4-14(11-16)12-22/h2-11H,1H3,(H,24,25). The minimum atomic E-state index is -0.428. The van der Waals surface area contributed by atoms with E-state index in [9.17, 15) is 9.18 Å². The van der Waals surface area contributed by atoms with Gasteiger partial charge < -0.3 is 10.1 Å². The highest BCUT2D eigenvalue weighted by Gasteiger charge is 2.15. The van der Waals surface area contributed by atoms with Crippen molar-refractivity contribution >= 4 is 11.6 Å². The van der Waals surface area contributed by atoms with Crippen molar-refractivity contribution in [2.75, 3.05) is 5.32 Å². The van der Waals surface area contributed by atoms with Crippen LogP contribution in [-0.4, -0.2) is 10.9 Å². The Morgan fingerprint density at radius 1 is 1.19 bits per heavy atom. The largest absolute Gasteiger partial charge is 0.438 e. The molecule has 0 atom stereocenters. The second kappa shape index (κ2) is 7.45. The number of nitriles is 1. The lowest BCUT2D eigenvalue weighted by atomic mass is 10.2. The summed E-state index contributed by atoms with van der Waals surface area (Å²) in [4.78, 5) is 16.7. The number of pyridine rings is 1. The number of anilines is 1. The lowest BCUT2D eigenvalue weighted by Crippen LogP contribution is -2.13. The second-order valence-corrected chi connectivity index (χ2v) is 5.51. The number of aryl methyl sites for hydroxylation is 1. The molecule has 0 saturated carbocycles. The molecule has 0 aliphatic rings. The highest BCUT2D eigenvalue weighted by Crippen LogP contribution is 2.27. The molecule has 1 amide bonds. The number of rotatable bonds is 4. The predicted molar refractivity (Wildman–Crippen MR) is 94.6 cm³/mol. The van der Waals surface area contributed by atoms with Crippen LogP contribution in [0.5, 0.6) is 11.6 Å². The molecule has 6 heteroatoms. The molecular weight excluding hydrogens is 333 g/mol. The second-order valence-electron chi connectivity index (χ2n) is 5.51. The maximum atomic E-state index is 13.2. The summed E-state index contributed by atoms with van der Waals surface area (Å²) in [6, 6.07) is 15.9. The fraction of sp³-hybridized carbons (Fsp3) is 0.0500. The van der Waals surface area contributed by atoms with E-state index in [-0.39, 0.29) is 17.3 Å². The lowest BCUT2D eigenvalue weighted by Gasteiger charge is -2.12. The molecule has 3 aromatic rings. The van der Waals surface area contributed by atoms with Gasteiger partial charge in [0.25, 0.3) is 5.91 Å². The van der Waals surface area contributed by atoms with Gasteiger partial charge in [-0.05, 0) is 61.0 Å². The van der Waals surface area contributed by atoms with E-state index < -0.39 is 5.91 Å². The molecule has 3 rings (SSSR count). The van der Waals surface area contributed by atoms with Crippen molar-refractivity contribution in [1.82, 2.24) is 4.98 Å². The van der Waals surface area contributed by atoms with Crippen molar-refractivity contribution in [3.05, 3.63) is 83.3 Å². The number of hydrogen-bond acceptors (Lipinski definition) is 4. The molecular formula is C20H14FN3O2. The Balaban J connectivity index is 1.86. The molecule has 1 N–H and O–H groups in total. The maximum absolute atomic E-state index is 13.2. The number of carbonyl (C=O) groups is 1. The molecule has 1 heterocycles. The maximum Gasteiger partial charge on any atom is 0.261 e. The van der Waals surface area contributed by atoms with Crippen molar-refractivity contribution < 1.29 is 13.9 Å². The van der Waals surface area contributed by atoms with Crippen LogP contribution in [0.2, 0.25) is 0 Å². The highest BCUT2D eigenvalue weighted by molar-refractivity contribution is 6.05. The molecule has 0 spiro atoms. The zero-order chi connectivity index (χ0) is 18.5. The summed E-state index contributed by atoms with van der Waals surface area (Å²) in [5.41, 5.74) is 1.73. The van der Waals surface area contributed by atoms with Gasteiger partial charge in [-0.2, -0.15) is 5.26 Å². The Morgan fingerprint density at radius 3 is 2.81 bits per heavy atom. The highest BCUT2D eigenvalue weighted by atomic mass is 19.1. The lowest BCUT2D eigenvalue weighted by molar-refractivity contribution is 0.102. The van der Waals surface area contributed by atoms with Gasteiger partial charge in [0.15, 0.2) is 0 Å². The van der Waals surface area contributed by atoms with Crippen LogP contribution in [0, 0.1) is 24.1 Å². The van der Waals surface area contributed by atoms with E-state index in [0.29, 0.717) is 22.6 Å². The van der Waals surface area contributed by atoms with Crippen molar-refractivity contribution in [2.45, 2.75) is 6.92 Å². The Morgan fingerprint density at radius 2 is 2.04 bits per heavy atom. The smallest absolute Gasteiger partial charge is 0.261 e. The number of hydrogen-bond donors (Lipinski definition) is 1. The molecule has 0 aliphatic heterocycles. The van der Waals surface area contributed by atoms with Gasteiger partial charge in [-0.3, -0.25) is 4.79 Å². The normalized spacial score (nSPS) is 10.0. The molecule has 26 heavy (non-hydrogen) atoms. The molecule has 0 unspecified atom stereocenters. The summed E-state index contributed by atoms with van der Waals surface area (Å²) in [6.07, 6.45) is 1.50. The minimum absolute atomic E-state index is 0.108. The molecule has 0 fully saturated rings. The van der Waals surface area contributed by atoms with Crippen molar-refractivity contribution in [3.8, 4) is 17.7 Å². The average Bonchev–Trinajstić information content (AvgIpc) is 2.64. The van der Waals surface area contributed by atoms with E-state index >= 15 is 0 Å². The molecule has 0 bridgehead atoms. The Labute approximate surface area is 149 Å². The number of amides is 1. The fourth-order valence-electron chi connectivity index (χ4n) is 2.34. The Bertz CT molecular complexity index is 1010. The number of ether oxygens (including phenoxy) is 1. The minimum Gasteiger partial charge on any atom is -0.438 e. The molecule has 2 aromatic carbocycles. The van der Waals surface area contributed by atoms with Crippen LogP contribution in [0.15, 0.2) is 60.8 Å². The fourth-order valence-corrected chi connectivity index (χ4v) is 2.34. The van der Waals surface area contributed by atoms with Gasteiger partial charge in [0.2, 0.25) is 5.88 Å². The van der Waals surface area contributed by atoms with Gasteiger partial charge in [0.05, 0.1) is 11.6 Å². The zero-order valence-corrected chi connectivity index (χ0v) is 13.9. The van der Waals surface area contributed by atoms with Crippen molar-refractivity contribution in [1.29, 1.82) is 5.26 Å². The summed E-state index contributed by atoms with van der Waals surface area (Å²) < 4.78 is 18.9. The molecule has 5 nitrogen and oxygen atoms in total. The third-order valence-electron chi connectivity index (χ3n) is 3.61. The summed E-state index contributed by atoms with van der Waals surface area (Å²) in [5.74, 6) is -0.282. The molecule has 128 valence electrons. The van der Waals surface area contributed by atoms with Gasteiger partial charge in [0.1, 0.15) is 17.1 Å². The first-order chi connectivity index (χ1) is 12.6. The van der Waals surface area contributed by atoms with E-state index in [2.05, 4.69) is 10.3 Å². The number of aromatic nitrogens is 1. The van der Waals surface area contributed by atoms with Crippen LogP contribution in [0.4, 0.5) is 10.1 Å². The third kappa shape index (κ3) is 3.84. The first-order valence-corrected chi connectivity index (χ1v) is 7.77. The molecule has 0 aliphatic carbocycles. The van der Waals surface area contributed by atoms with Crippen molar-refractivity contribution in [3.63, 3.8) is 0 Å². The van der Waals surface area contributed by atoms with E-state index in [1.165, 1.54) is 24.4 Å². The quantitative estimate of drug-likeness (QED) is 0.757. The predicted octanol–water partition coefficient (Wildman–Crippen LogP) is 4.45. The molecule has 1 aromatic heterocycles. The van der Waals surface area contributed by atoms with E-state index in [0.717, 1.165) is 0 Å². The van der Waals surface area contributed by atoms with Crippen LogP contribution in [0.3, 0.4) is 0 Å². The van der Waals surface area contributed by atoms with Crippen LogP contribution in [-0.2, 0) is 0 Å². The summed E-state index contributed by atoms with van der Waals surface area (Å²) in [5, 5.41) is 11.7. The van der Waals surface area contributed by atoms with E-state index in [1.807, 2.05) is 6.07 Å². The van der Waals surface area contributed by atoms with E-state index in [1.54, 1.807) is 43.3 Å². The molecule has 0 saturated heterocycles. The monoisotopic (exact) mass is 347 g/mol. The molecule has 0 radical (unpaired) electrons. The van der Waals surface area contributed by atoms with Crippen LogP contribution < -0.4 is 10.1 Å². The topological polar surface area (TPSA) is 75.0 Å². The first-order valence-electron chi connectivity index (χ1n) is 7.77. The van der Waals surface area contributed by atoms with Crippen LogP contribution >= 0.6 is 0 Å². The van der Waals surface area contributed by atoms with Gasteiger partial charge in [0, 0.05) is 11.9 Å². The summed E-state index contributed by atoms with van der Waals surface area (Å²) in [6.45, 7) is 1.70. The number of halogens is 1. The van der Waals surface area contributed by atoms with Crippen LogP contribution in [0.1, 0.15) is 21.5 Å². The SMILES string of the molecule is Cc1cc(F)ccc1Oc1ncccc1C(=O)Nc1cccc(C#N)c1. The Hall–Kier alpha value is -3.72. The summed E-state index contributed by atoms with van der Waals surface area (Å²) in [7, 11) is 0. The van der Waals surface area contributed by atoms with Gasteiger partial charge in [-0.25, -0.2) is 9.37 Å².